The predicted molar refractivity (Wildman–Crippen MR) is 85.0 cm³/mol. The summed E-state index contributed by atoms with van der Waals surface area (Å²) in [5.74, 6) is -0.295. The molecule has 0 radical (unpaired) electrons. The standard InChI is InChI=1S/C18H23FN2/c1-5-20-18(17-7-6-15(19)11-21-17)10-16-13(3)8-12(2)9-14(16)4/h6-9,11,18,20H,5,10H2,1-4H3. The SMILES string of the molecule is CCNC(Cc1c(C)cc(C)cc1C)c1ccc(F)cn1. The van der Waals surface area contributed by atoms with E-state index < -0.39 is 0 Å². The van der Waals surface area contributed by atoms with Crippen molar-refractivity contribution in [3.8, 4) is 0 Å². The molecule has 0 aliphatic carbocycles. The minimum Gasteiger partial charge on any atom is -0.309 e. The van der Waals surface area contributed by atoms with E-state index >= 15 is 0 Å². The number of halogens is 1. The van der Waals surface area contributed by atoms with Gasteiger partial charge in [-0.25, -0.2) is 4.39 Å². The summed E-state index contributed by atoms with van der Waals surface area (Å²) in [5.41, 5.74) is 6.12. The van der Waals surface area contributed by atoms with Gasteiger partial charge in [0.25, 0.3) is 0 Å². The van der Waals surface area contributed by atoms with Crippen LogP contribution in [-0.2, 0) is 6.42 Å². The van der Waals surface area contributed by atoms with Crippen LogP contribution in [0.15, 0.2) is 30.5 Å². The molecule has 0 amide bonds. The van der Waals surface area contributed by atoms with Gasteiger partial charge in [-0.05, 0) is 62.6 Å². The molecule has 1 aromatic carbocycles. The van der Waals surface area contributed by atoms with Crippen LogP contribution in [0.25, 0.3) is 0 Å². The molecule has 3 heteroatoms. The van der Waals surface area contributed by atoms with E-state index in [1.165, 1.54) is 34.5 Å². The van der Waals surface area contributed by atoms with E-state index in [2.05, 4.69) is 50.1 Å². The highest BCUT2D eigenvalue weighted by Gasteiger charge is 2.15. The van der Waals surface area contributed by atoms with Crippen molar-refractivity contribution in [1.82, 2.24) is 10.3 Å². The second-order valence-corrected chi connectivity index (χ2v) is 5.59. The fraction of sp³-hybridized carbons (Fsp3) is 0.389. The number of aromatic nitrogens is 1. The van der Waals surface area contributed by atoms with Crippen molar-refractivity contribution in [1.29, 1.82) is 0 Å². The first kappa shape index (κ1) is 15.6. The summed E-state index contributed by atoms with van der Waals surface area (Å²) in [4.78, 5) is 4.23. The third kappa shape index (κ3) is 3.88. The first-order valence-electron chi connectivity index (χ1n) is 7.42. The van der Waals surface area contributed by atoms with Crippen molar-refractivity contribution in [2.45, 2.75) is 40.2 Å². The van der Waals surface area contributed by atoms with Crippen molar-refractivity contribution in [2.75, 3.05) is 6.54 Å². The zero-order chi connectivity index (χ0) is 15.4. The number of likely N-dealkylation sites (N-methyl/N-ethyl adjacent to an activating group) is 1. The molecule has 2 rings (SSSR count). The molecule has 0 bridgehead atoms. The quantitative estimate of drug-likeness (QED) is 0.897. The summed E-state index contributed by atoms with van der Waals surface area (Å²) in [6, 6.07) is 7.77. The maximum Gasteiger partial charge on any atom is 0.141 e. The van der Waals surface area contributed by atoms with E-state index in [1.807, 2.05) is 0 Å². The van der Waals surface area contributed by atoms with Gasteiger partial charge in [-0.3, -0.25) is 4.98 Å². The van der Waals surface area contributed by atoms with E-state index in [1.54, 1.807) is 6.07 Å². The molecule has 1 heterocycles. The maximum atomic E-state index is 13.1. The molecule has 0 spiro atoms. The van der Waals surface area contributed by atoms with Gasteiger partial charge in [0.1, 0.15) is 5.82 Å². The van der Waals surface area contributed by atoms with Crippen molar-refractivity contribution in [3.05, 3.63) is 64.2 Å². The molecule has 1 N–H and O–H groups in total. The third-order valence-corrected chi connectivity index (χ3v) is 3.81. The van der Waals surface area contributed by atoms with Crippen molar-refractivity contribution in [3.63, 3.8) is 0 Å². The molecule has 0 saturated heterocycles. The number of rotatable bonds is 5. The lowest BCUT2D eigenvalue weighted by atomic mass is 9.93. The summed E-state index contributed by atoms with van der Waals surface area (Å²) >= 11 is 0. The van der Waals surface area contributed by atoms with Crippen molar-refractivity contribution >= 4 is 0 Å². The van der Waals surface area contributed by atoms with Gasteiger partial charge >= 0.3 is 0 Å². The molecule has 1 aromatic heterocycles. The van der Waals surface area contributed by atoms with E-state index in [0.29, 0.717) is 0 Å². The molecule has 0 saturated carbocycles. The summed E-state index contributed by atoms with van der Waals surface area (Å²) < 4.78 is 13.1. The lowest BCUT2D eigenvalue weighted by molar-refractivity contribution is 0.530. The van der Waals surface area contributed by atoms with Crippen LogP contribution in [0, 0.1) is 26.6 Å². The smallest absolute Gasteiger partial charge is 0.141 e. The fourth-order valence-electron chi connectivity index (χ4n) is 2.86. The van der Waals surface area contributed by atoms with Crippen LogP contribution >= 0.6 is 0 Å². The van der Waals surface area contributed by atoms with Crippen LogP contribution in [0.5, 0.6) is 0 Å². The van der Waals surface area contributed by atoms with Crippen molar-refractivity contribution < 1.29 is 4.39 Å². The summed E-state index contributed by atoms with van der Waals surface area (Å²) in [6.07, 6.45) is 2.15. The molecule has 2 nitrogen and oxygen atoms in total. The normalized spacial score (nSPS) is 12.4. The van der Waals surface area contributed by atoms with Gasteiger partial charge in [-0.2, -0.15) is 0 Å². The molecular weight excluding hydrogens is 263 g/mol. The third-order valence-electron chi connectivity index (χ3n) is 3.81. The summed E-state index contributed by atoms with van der Waals surface area (Å²) in [7, 11) is 0. The van der Waals surface area contributed by atoms with E-state index in [0.717, 1.165) is 18.7 Å². The highest BCUT2D eigenvalue weighted by atomic mass is 19.1. The number of pyridine rings is 1. The maximum absolute atomic E-state index is 13.1. The Morgan fingerprint density at radius 2 is 1.81 bits per heavy atom. The molecule has 1 atom stereocenters. The Labute approximate surface area is 126 Å². The Morgan fingerprint density at radius 1 is 1.14 bits per heavy atom. The number of benzene rings is 1. The Balaban J connectivity index is 2.30. The fourth-order valence-corrected chi connectivity index (χ4v) is 2.86. The van der Waals surface area contributed by atoms with Gasteiger partial charge in [-0.15, -0.1) is 0 Å². The largest absolute Gasteiger partial charge is 0.309 e. The number of hydrogen-bond donors (Lipinski definition) is 1. The van der Waals surface area contributed by atoms with Gasteiger partial charge in [0.2, 0.25) is 0 Å². The minimum absolute atomic E-state index is 0.107. The lowest BCUT2D eigenvalue weighted by Crippen LogP contribution is -2.24. The van der Waals surface area contributed by atoms with E-state index in [4.69, 9.17) is 0 Å². The summed E-state index contributed by atoms with van der Waals surface area (Å²) in [5, 5.41) is 3.45. The molecule has 0 aliphatic rings. The van der Waals surface area contributed by atoms with Gasteiger partial charge in [0.15, 0.2) is 0 Å². The zero-order valence-electron chi connectivity index (χ0n) is 13.2. The van der Waals surface area contributed by atoms with Crippen LogP contribution in [0.1, 0.15) is 40.9 Å². The second kappa shape index (κ2) is 6.81. The highest BCUT2D eigenvalue weighted by Crippen LogP contribution is 2.23. The predicted octanol–water partition coefficient (Wildman–Crippen LogP) is 4.04. The Morgan fingerprint density at radius 3 is 2.33 bits per heavy atom. The summed E-state index contributed by atoms with van der Waals surface area (Å²) in [6.45, 7) is 9.35. The molecule has 0 aliphatic heterocycles. The van der Waals surface area contributed by atoms with Gasteiger partial charge in [-0.1, -0.05) is 24.6 Å². The molecule has 1 unspecified atom stereocenters. The van der Waals surface area contributed by atoms with Gasteiger partial charge < -0.3 is 5.32 Å². The van der Waals surface area contributed by atoms with Crippen LogP contribution in [-0.4, -0.2) is 11.5 Å². The van der Waals surface area contributed by atoms with Crippen LogP contribution in [0.3, 0.4) is 0 Å². The monoisotopic (exact) mass is 286 g/mol. The molecule has 2 aromatic rings. The first-order valence-corrected chi connectivity index (χ1v) is 7.42. The zero-order valence-corrected chi connectivity index (χ0v) is 13.2. The van der Waals surface area contributed by atoms with E-state index in [9.17, 15) is 4.39 Å². The highest BCUT2D eigenvalue weighted by molar-refractivity contribution is 5.38. The molecular formula is C18H23FN2. The van der Waals surface area contributed by atoms with Gasteiger partial charge in [0, 0.05) is 0 Å². The molecule has 0 fully saturated rings. The first-order chi connectivity index (χ1) is 10.0. The molecule has 21 heavy (non-hydrogen) atoms. The number of aryl methyl sites for hydroxylation is 3. The number of nitrogens with zero attached hydrogens (tertiary/aromatic N) is 1. The number of nitrogens with one attached hydrogen (secondary N) is 1. The van der Waals surface area contributed by atoms with E-state index in [-0.39, 0.29) is 11.9 Å². The Bertz CT molecular complexity index is 582. The average molecular weight is 286 g/mol. The number of hydrogen-bond acceptors (Lipinski definition) is 2. The Kier molecular flexibility index (Phi) is 5.07. The van der Waals surface area contributed by atoms with Crippen LogP contribution < -0.4 is 5.32 Å². The minimum atomic E-state index is -0.295. The average Bonchev–Trinajstić information content (AvgIpc) is 2.42. The van der Waals surface area contributed by atoms with Crippen molar-refractivity contribution in [2.24, 2.45) is 0 Å². The molecule has 112 valence electrons. The van der Waals surface area contributed by atoms with Gasteiger partial charge in [0.05, 0.1) is 17.9 Å². The van der Waals surface area contributed by atoms with Crippen LogP contribution in [0.4, 0.5) is 4.39 Å². The van der Waals surface area contributed by atoms with Crippen LogP contribution in [0.2, 0.25) is 0 Å². The Hall–Kier alpha value is -1.74. The second-order valence-electron chi connectivity index (χ2n) is 5.59. The lowest BCUT2D eigenvalue weighted by Gasteiger charge is -2.20. The topological polar surface area (TPSA) is 24.9 Å².